The SMILES string of the molecule is CCC[C@H](CC)N(c1ncc2nc(Nc3c(Cl)cc(C(F)(F)F)cc3Cl)n(C3CCC(C(N)=O)CC3)c2n1)[C@@H](CC)CCC=O. The maximum atomic E-state index is 13.4. The Balaban J connectivity index is 1.86. The topological polar surface area (TPSA) is 119 Å². The largest absolute Gasteiger partial charge is 0.416 e. The second-order valence-electron chi connectivity index (χ2n) is 11.6. The smallest absolute Gasteiger partial charge is 0.369 e. The summed E-state index contributed by atoms with van der Waals surface area (Å²) in [6.45, 7) is 6.34. The first-order chi connectivity index (χ1) is 21.4. The number of anilines is 3. The first kappa shape index (κ1) is 34.7. The van der Waals surface area contributed by atoms with E-state index in [1.165, 1.54) is 0 Å². The number of nitrogens with two attached hydrogens (primary N) is 1. The monoisotopic (exact) mass is 669 g/mol. The number of amides is 1. The van der Waals surface area contributed by atoms with E-state index >= 15 is 0 Å². The highest BCUT2D eigenvalue weighted by molar-refractivity contribution is 6.39. The molecule has 2 atom stereocenters. The molecule has 1 aromatic carbocycles. The van der Waals surface area contributed by atoms with Crippen molar-refractivity contribution in [3.63, 3.8) is 0 Å². The van der Waals surface area contributed by atoms with Crippen molar-refractivity contribution in [1.82, 2.24) is 19.5 Å². The van der Waals surface area contributed by atoms with Gasteiger partial charge < -0.3 is 20.7 Å². The van der Waals surface area contributed by atoms with Gasteiger partial charge in [-0.25, -0.2) is 9.97 Å². The van der Waals surface area contributed by atoms with E-state index in [1.54, 1.807) is 6.20 Å². The number of hydrogen-bond acceptors (Lipinski definition) is 7. The summed E-state index contributed by atoms with van der Waals surface area (Å²) in [6.07, 6.45) is 4.93. The molecule has 0 unspecified atom stereocenters. The Morgan fingerprint density at radius 1 is 1.09 bits per heavy atom. The summed E-state index contributed by atoms with van der Waals surface area (Å²) in [5.74, 6) is 0.232. The van der Waals surface area contributed by atoms with Gasteiger partial charge in [0.1, 0.15) is 11.8 Å². The maximum Gasteiger partial charge on any atom is 0.416 e. The molecule has 3 aromatic rings. The fourth-order valence-electron chi connectivity index (χ4n) is 6.33. The van der Waals surface area contributed by atoms with Crippen molar-refractivity contribution in [3.8, 4) is 0 Å². The summed E-state index contributed by atoms with van der Waals surface area (Å²) < 4.78 is 42.1. The molecule has 0 spiro atoms. The Morgan fingerprint density at radius 3 is 2.24 bits per heavy atom. The van der Waals surface area contributed by atoms with E-state index in [0.29, 0.717) is 61.6 Å². The fourth-order valence-corrected chi connectivity index (χ4v) is 6.91. The number of rotatable bonds is 14. The number of aromatic nitrogens is 4. The molecular weight excluding hydrogens is 630 g/mol. The molecule has 14 heteroatoms. The number of imidazole rings is 1. The molecule has 1 aliphatic rings. The van der Waals surface area contributed by atoms with E-state index in [-0.39, 0.29) is 45.7 Å². The van der Waals surface area contributed by atoms with Crippen molar-refractivity contribution < 1.29 is 22.8 Å². The van der Waals surface area contributed by atoms with Gasteiger partial charge in [-0.3, -0.25) is 9.36 Å². The molecule has 1 amide bonds. The highest BCUT2D eigenvalue weighted by atomic mass is 35.5. The minimum Gasteiger partial charge on any atom is -0.369 e. The molecule has 4 rings (SSSR count). The predicted octanol–water partition coefficient (Wildman–Crippen LogP) is 8.25. The number of carbonyl (C=O) groups excluding carboxylic acids is 2. The van der Waals surface area contributed by atoms with Crippen molar-refractivity contribution in [2.24, 2.45) is 11.7 Å². The van der Waals surface area contributed by atoms with Crippen LogP contribution in [-0.4, -0.2) is 43.8 Å². The molecule has 9 nitrogen and oxygen atoms in total. The molecule has 2 heterocycles. The molecule has 1 fully saturated rings. The van der Waals surface area contributed by atoms with Gasteiger partial charge in [0, 0.05) is 30.5 Å². The van der Waals surface area contributed by atoms with Crippen molar-refractivity contribution in [3.05, 3.63) is 33.9 Å². The van der Waals surface area contributed by atoms with Crippen LogP contribution in [0, 0.1) is 5.92 Å². The maximum absolute atomic E-state index is 13.4. The zero-order valence-corrected chi connectivity index (χ0v) is 27.2. The fraction of sp³-hybridized carbons (Fsp3) is 0.581. The van der Waals surface area contributed by atoms with Crippen molar-refractivity contribution >= 4 is 64.1 Å². The van der Waals surface area contributed by atoms with Crippen molar-refractivity contribution in [2.75, 3.05) is 10.2 Å². The number of carbonyl (C=O) groups is 2. The minimum atomic E-state index is -4.62. The summed E-state index contributed by atoms with van der Waals surface area (Å²) in [4.78, 5) is 40.0. The lowest BCUT2D eigenvalue weighted by Gasteiger charge is -2.38. The molecule has 0 saturated heterocycles. The summed E-state index contributed by atoms with van der Waals surface area (Å²) in [5, 5.41) is 2.66. The van der Waals surface area contributed by atoms with E-state index in [0.717, 1.165) is 44.1 Å². The number of primary amides is 1. The number of hydrogen-bond donors (Lipinski definition) is 2. The molecule has 0 bridgehead atoms. The number of alkyl halides is 3. The molecule has 0 radical (unpaired) electrons. The number of nitrogens with zero attached hydrogens (tertiary/aromatic N) is 5. The van der Waals surface area contributed by atoms with Gasteiger partial charge in [-0.05, 0) is 63.5 Å². The Labute approximate surface area is 271 Å². The molecule has 2 aromatic heterocycles. The van der Waals surface area contributed by atoms with Crippen LogP contribution in [-0.2, 0) is 15.8 Å². The Morgan fingerprint density at radius 2 is 1.71 bits per heavy atom. The number of aldehydes is 1. The van der Waals surface area contributed by atoms with E-state index in [9.17, 15) is 22.8 Å². The Bertz CT molecular complexity index is 1470. The van der Waals surface area contributed by atoms with Crippen LogP contribution in [0.1, 0.15) is 96.6 Å². The molecule has 246 valence electrons. The molecule has 1 aliphatic carbocycles. The van der Waals surface area contributed by atoms with E-state index < -0.39 is 11.7 Å². The van der Waals surface area contributed by atoms with Gasteiger partial charge in [0.2, 0.25) is 17.8 Å². The third-order valence-corrected chi connectivity index (χ3v) is 9.29. The second kappa shape index (κ2) is 15.0. The predicted molar refractivity (Wildman–Crippen MR) is 171 cm³/mol. The van der Waals surface area contributed by atoms with Gasteiger partial charge in [0.05, 0.1) is 27.5 Å². The quantitative estimate of drug-likeness (QED) is 0.166. The van der Waals surface area contributed by atoms with Gasteiger partial charge in [0.15, 0.2) is 5.65 Å². The Hall–Kier alpha value is -3.12. The Kier molecular flexibility index (Phi) is 11.6. The highest BCUT2D eigenvalue weighted by Gasteiger charge is 2.34. The molecule has 1 saturated carbocycles. The van der Waals surface area contributed by atoms with E-state index in [1.807, 2.05) is 4.57 Å². The summed E-state index contributed by atoms with van der Waals surface area (Å²) in [6, 6.07) is 1.67. The standard InChI is InChI=1S/C31H40Cl2F3N7O2/c1-4-8-20(5-2)42(21(6-3)9-7-14-44)29-38-17-25-28(41-29)43(22-12-10-18(11-13-22)27(37)45)30(39-25)40-26-23(32)15-19(16-24(26)33)31(34,35)36/h14-18,20-22H,4-13H2,1-3H3,(H2,37,45)(H,39,40)/t18?,20-,21-,22?/m0/s1. The van der Waals surface area contributed by atoms with Crippen LogP contribution in [0.15, 0.2) is 18.3 Å². The number of nitrogens with one attached hydrogen (secondary N) is 1. The molecule has 45 heavy (non-hydrogen) atoms. The molecule has 3 N–H and O–H groups in total. The van der Waals surface area contributed by atoms with E-state index in [4.69, 9.17) is 43.9 Å². The highest BCUT2D eigenvalue weighted by Crippen LogP contribution is 2.42. The third-order valence-electron chi connectivity index (χ3n) is 8.69. The minimum absolute atomic E-state index is 0.0360. The van der Waals surface area contributed by atoms with Crippen LogP contribution in [0.5, 0.6) is 0 Å². The lowest BCUT2D eigenvalue weighted by atomic mass is 9.85. The van der Waals surface area contributed by atoms with Gasteiger partial charge in [-0.2, -0.15) is 18.2 Å². The van der Waals surface area contributed by atoms with Crippen LogP contribution in [0.4, 0.5) is 30.8 Å². The van der Waals surface area contributed by atoms with Gasteiger partial charge in [-0.15, -0.1) is 0 Å². The molecular formula is C31H40Cl2F3N7O2. The number of benzene rings is 1. The first-order valence-electron chi connectivity index (χ1n) is 15.5. The summed E-state index contributed by atoms with van der Waals surface area (Å²) in [5.41, 5.74) is 5.72. The van der Waals surface area contributed by atoms with Gasteiger partial charge in [0.25, 0.3) is 0 Å². The van der Waals surface area contributed by atoms with Crippen LogP contribution in [0.25, 0.3) is 11.2 Å². The van der Waals surface area contributed by atoms with Crippen LogP contribution in [0.2, 0.25) is 10.0 Å². The lowest BCUT2D eigenvalue weighted by molar-refractivity contribution is -0.137. The van der Waals surface area contributed by atoms with Crippen LogP contribution < -0.4 is 16.0 Å². The average Bonchev–Trinajstić information content (AvgIpc) is 3.36. The van der Waals surface area contributed by atoms with Crippen molar-refractivity contribution in [1.29, 1.82) is 0 Å². The van der Waals surface area contributed by atoms with E-state index in [2.05, 4.69) is 31.0 Å². The van der Waals surface area contributed by atoms with Gasteiger partial charge >= 0.3 is 6.18 Å². The second-order valence-corrected chi connectivity index (χ2v) is 12.4. The van der Waals surface area contributed by atoms with Crippen LogP contribution in [0.3, 0.4) is 0 Å². The summed E-state index contributed by atoms with van der Waals surface area (Å²) >= 11 is 12.7. The first-order valence-corrected chi connectivity index (χ1v) is 16.3. The van der Waals surface area contributed by atoms with Gasteiger partial charge in [-0.1, -0.05) is 50.4 Å². The number of fused-ring (bicyclic) bond motifs is 1. The normalized spacial score (nSPS) is 18.5. The lowest BCUT2D eigenvalue weighted by Crippen LogP contribution is -2.44. The van der Waals surface area contributed by atoms with Crippen LogP contribution >= 0.6 is 23.2 Å². The zero-order valence-electron chi connectivity index (χ0n) is 25.7. The zero-order chi connectivity index (χ0) is 32.9. The third kappa shape index (κ3) is 7.82. The van der Waals surface area contributed by atoms with Crippen molar-refractivity contribution in [2.45, 2.75) is 109 Å². The number of halogens is 5. The molecule has 0 aliphatic heterocycles. The summed E-state index contributed by atoms with van der Waals surface area (Å²) in [7, 11) is 0. The average molecular weight is 671 g/mol.